The van der Waals surface area contributed by atoms with Crippen molar-refractivity contribution < 1.29 is 29.9 Å². The van der Waals surface area contributed by atoms with E-state index >= 15 is 0 Å². The van der Waals surface area contributed by atoms with Crippen molar-refractivity contribution in [3.63, 3.8) is 0 Å². The number of para-hydroxylation sites is 1. The van der Waals surface area contributed by atoms with Gasteiger partial charge in [0.05, 0.1) is 5.56 Å². The zero-order valence-electron chi connectivity index (χ0n) is 31.1. The number of phenolic OH excluding ortho intramolecular Hbond substituents is 5. The molecule has 1 aromatic heterocycles. The first-order valence-electron chi connectivity index (χ1n) is 18.8. The molecule has 0 atom stereocenters. The number of hydrogen-bond acceptors (Lipinski definition) is 6. The Hall–Kier alpha value is -6.92. The minimum Gasteiger partial charge on any atom is -0.504 e. The van der Waals surface area contributed by atoms with Gasteiger partial charge in [-0.1, -0.05) is 131 Å². The van der Waals surface area contributed by atoms with Crippen LogP contribution in [0.15, 0.2) is 120 Å². The lowest BCUT2D eigenvalue weighted by Gasteiger charge is -2.31. The van der Waals surface area contributed by atoms with Gasteiger partial charge >= 0.3 is 0 Å². The largest absolute Gasteiger partial charge is 0.504 e. The average molecular weight is 733 g/mol. The van der Waals surface area contributed by atoms with E-state index in [1.54, 1.807) is 0 Å². The molecule has 2 aliphatic carbocycles. The fourth-order valence-electron chi connectivity index (χ4n) is 10.3. The summed E-state index contributed by atoms with van der Waals surface area (Å²) in [6.07, 6.45) is 0. The van der Waals surface area contributed by atoms with Crippen LogP contribution in [0.1, 0.15) is 49.9 Å². The van der Waals surface area contributed by atoms with Crippen LogP contribution >= 0.6 is 0 Å². The molecule has 0 saturated heterocycles. The monoisotopic (exact) mass is 732 g/mol. The van der Waals surface area contributed by atoms with Crippen molar-refractivity contribution in [2.45, 2.75) is 38.5 Å². The van der Waals surface area contributed by atoms with E-state index < -0.39 is 34.2 Å². The zero-order chi connectivity index (χ0) is 38.6. The third kappa shape index (κ3) is 3.81. The van der Waals surface area contributed by atoms with E-state index in [0.717, 1.165) is 55.0 Å². The van der Waals surface area contributed by atoms with Crippen molar-refractivity contribution in [1.29, 1.82) is 0 Å². The Bertz CT molecular complexity index is 3170. The van der Waals surface area contributed by atoms with Crippen LogP contribution in [-0.2, 0) is 10.8 Å². The maximum atomic E-state index is 11.2. The quantitative estimate of drug-likeness (QED) is 0.0687. The van der Waals surface area contributed by atoms with Crippen LogP contribution in [-0.4, -0.2) is 25.5 Å². The molecule has 0 saturated carbocycles. The summed E-state index contributed by atoms with van der Waals surface area (Å²) in [6.45, 7) is 9.34. The summed E-state index contributed by atoms with van der Waals surface area (Å²) in [4.78, 5) is 0. The molecule has 1 heterocycles. The molecule has 0 aliphatic heterocycles. The lowest BCUT2D eigenvalue weighted by Crippen LogP contribution is -2.24. The number of phenols is 5. The van der Waals surface area contributed by atoms with Crippen LogP contribution in [0.5, 0.6) is 28.7 Å². The van der Waals surface area contributed by atoms with Crippen molar-refractivity contribution >= 4 is 43.5 Å². The van der Waals surface area contributed by atoms with Crippen molar-refractivity contribution in [2.75, 3.05) is 0 Å². The highest BCUT2D eigenvalue weighted by Crippen LogP contribution is 2.64. The van der Waals surface area contributed by atoms with Crippen molar-refractivity contribution in [3.8, 4) is 73.3 Å². The Labute approximate surface area is 321 Å². The molecule has 0 amide bonds. The van der Waals surface area contributed by atoms with Crippen molar-refractivity contribution in [2.24, 2.45) is 0 Å². The molecule has 11 rings (SSSR count). The predicted molar refractivity (Wildman–Crippen MR) is 223 cm³/mol. The van der Waals surface area contributed by atoms with Crippen LogP contribution in [0.25, 0.3) is 88.0 Å². The molecule has 272 valence electrons. The molecular weight excluding hydrogens is 697 g/mol. The first-order valence-corrected chi connectivity index (χ1v) is 18.8. The van der Waals surface area contributed by atoms with Gasteiger partial charge in [-0.2, -0.15) is 0 Å². The lowest BCUT2D eigenvalue weighted by molar-refractivity contribution is 0.330. The van der Waals surface area contributed by atoms with E-state index in [1.165, 1.54) is 33.4 Å². The van der Waals surface area contributed by atoms with Gasteiger partial charge in [-0.05, 0) is 83.7 Å². The van der Waals surface area contributed by atoms with Crippen LogP contribution in [0.3, 0.4) is 0 Å². The second-order valence-corrected chi connectivity index (χ2v) is 16.3. The number of hydrogen-bond donors (Lipinski definition) is 5. The molecule has 0 spiro atoms. The first-order chi connectivity index (χ1) is 26.9. The summed E-state index contributed by atoms with van der Waals surface area (Å²) in [5.41, 5.74) is 13.2. The van der Waals surface area contributed by atoms with Crippen LogP contribution in [0, 0.1) is 0 Å². The molecule has 0 radical (unpaired) electrons. The summed E-state index contributed by atoms with van der Waals surface area (Å²) < 4.78 is 6.89. The van der Waals surface area contributed by atoms with Gasteiger partial charge in [-0.3, -0.25) is 0 Å². The van der Waals surface area contributed by atoms with Gasteiger partial charge in [0.1, 0.15) is 11.2 Å². The third-order valence-electron chi connectivity index (χ3n) is 12.7. The van der Waals surface area contributed by atoms with Crippen molar-refractivity contribution in [1.82, 2.24) is 0 Å². The summed E-state index contributed by atoms with van der Waals surface area (Å²) in [5, 5.41) is 59.2. The van der Waals surface area contributed by atoms with Gasteiger partial charge in [0, 0.05) is 32.7 Å². The van der Waals surface area contributed by atoms with Gasteiger partial charge in [-0.25, -0.2) is 0 Å². The highest BCUT2D eigenvalue weighted by Gasteiger charge is 2.48. The molecule has 6 nitrogen and oxygen atoms in total. The smallest absolute Gasteiger partial charge is 0.208 e. The Morgan fingerprint density at radius 2 is 0.893 bits per heavy atom. The molecule has 0 unspecified atom stereocenters. The number of fused-ring (bicyclic) bond motifs is 14. The Kier molecular flexibility index (Phi) is 6.18. The van der Waals surface area contributed by atoms with Crippen LogP contribution in [0.2, 0.25) is 0 Å². The maximum absolute atomic E-state index is 11.2. The Balaban J connectivity index is 1.23. The molecule has 9 aromatic rings. The second-order valence-electron chi connectivity index (χ2n) is 16.3. The molecule has 56 heavy (non-hydrogen) atoms. The third-order valence-corrected chi connectivity index (χ3v) is 12.7. The maximum Gasteiger partial charge on any atom is 0.208 e. The van der Waals surface area contributed by atoms with Gasteiger partial charge in [0.25, 0.3) is 0 Å². The number of aromatic hydroxyl groups is 5. The van der Waals surface area contributed by atoms with E-state index in [9.17, 15) is 25.5 Å². The normalized spacial score (nSPS) is 14.7. The summed E-state index contributed by atoms with van der Waals surface area (Å²) >= 11 is 0. The summed E-state index contributed by atoms with van der Waals surface area (Å²) in [5.74, 6) is -4.28. The highest BCUT2D eigenvalue weighted by molar-refractivity contribution is 6.24. The SMILES string of the molecule is CC1(C)c2cc(-c3c4ccccc4c(-c4c(O)c(O)c(O)c(O)c4O)c4ccccc34)ccc2-c2c1c1c(c3c2oc2ccccc23)-c2ccccc2C1(C)C. The van der Waals surface area contributed by atoms with E-state index in [0.29, 0.717) is 16.3 Å². The van der Waals surface area contributed by atoms with Crippen LogP contribution < -0.4 is 0 Å². The molecule has 2 aliphatic rings. The summed E-state index contributed by atoms with van der Waals surface area (Å²) in [6, 6.07) is 39.3. The minimum absolute atomic E-state index is 0.172. The average Bonchev–Trinajstić information content (AvgIpc) is 3.78. The Morgan fingerprint density at radius 3 is 1.54 bits per heavy atom. The van der Waals surface area contributed by atoms with Gasteiger partial charge in [-0.15, -0.1) is 0 Å². The minimum atomic E-state index is -0.992. The van der Waals surface area contributed by atoms with Crippen LogP contribution in [0.4, 0.5) is 0 Å². The Morgan fingerprint density at radius 1 is 0.411 bits per heavy atom. The van der Waals surface area contributed by atoms with Gasteiger partial charge < -0.3 is 29.9 Å². The topological polar surface area (TPSA) is 114 Å². The number of furan rings is 1. The standard InChI is InChI=1S/C50H36O6/c1-49(2)32-19-11-9-17-29(32)37-38-31-18-10-12-20-34(31)56-48(38)39-30-22-21-24(23-33(30)50(3,4)42(39)41(37)49)35-25-13-5-7-15-27(25)36(28-16-8-6-14-26(28)35)40-43(51)45(53)47(55)46(54)44(40)52/h5-23,51-55H,1-4H3. The summed E-state index contributed by atoms with van der Waals surface area (Å²) in [7, 11) is 0. The molecule has 0 fully saturated rings. The lowest BCUT2D eigenvalue weighted by atomic mass is 9.72. The number of benzene rings is 8. The van der Waals surface area contributed by atoms with Gasteiger partial charge in [0.15, 0.2) is 11.5 Å². The molecule has 5 N–H and O–H groups in total. The van der Waals surface area contributed by atoms with E-state index in [-0.39, 0.29) is 11.0 Å². The van der Waals surface area contributed by atoms with E-state index in [4.69, 9.17) is 4.42 Å². The van der Waals surface area contributed by atoms with Gasteiger partial charge in [0.2, 0.25) is 17.2 Å². The fourth-order valence-corrected chi connectivity index (χ4v) is 10.3. The molecule has 8 aromatic carbocycles. The highest BCUT2D eigenvalue weighted by atomic mass is 16.4. The second kappa shape index (κ2) is 10.6. The zero-order valence-corrected chi connectivity index (χ0v) is 31.1. The predicted octanol–water partition coefficient (Wildman–Crippen LogP) is 12.4. The fraction of sp³-hybridized carbons (Fsp3) is 0.120. The molecule has 0 bridgehead atoms. The number of rotatable bonds is 2. The van der Waals surface area contributed by atoms with Crippen molar-refractivity contribution in [3.05, 3.63) is 138 Å². The first kappa shape index (κ1) is 32.5. The van der Waals surface area contributed by atoms with E-state index in [1.807, 2.05) is 54.6 Å². The molecular formula is C50H36O6. The molecule has 6 heteroatoms. The van der Waals surface area contributed by atoms with E-state index in [2.05, 4.69) is 88.4 Å².